The number of hydrogen-bond donors (Lipinski definition) is 1. The number of nitrogens with two attached hydrogens (primary N) is 1. The molecule has 1 atom stereocenters. The molecule has 0 bridgehead atoms. The zero-order valence-electron chi connectivity index (χ0n) is 8.36. The van der Waals surface area contributed by atoms with Gasteiger partial charge in [0, 0.05) is 0 Å². The van der Waals surface area contributed by atoms with Crippen LogP contribution in [0.15, 0.2) is 24.3 Å². The molecule has 14 heavy (non-hydrogen) atoms. The quantitative estimate of drug-likeness (QED) is 0.770. The average Bonchev–Trinajstić information content (AvgIpc) is 2.27. The molecule has 0 heterocycles. The van der Waals surface area contributed by atoms with E-state index in [0.29, 0.717) is 12.5 Å². The summed E-state index contributed by atoms with van der Waals surface area (Å²) >= 11 is 0. The van der Waals surface area contributed by atoms with Crippen molar-refractivity contribution in [2.75, 3.05) is 13.7 Å². The third-order valence-corrected chi connectivity index (χ3v) is 2.68. The fourth-order valence-corrected chi connectivity index (χ4v) is 1.80. The summed E-state index contributed by atoms with van der Waals surface area (Å²) in [5, 5.41) is 0. The van der Waals surface area contributed by atoms with Crippen LogP contribution >= 0.6 is 0 Å². The highest BCUT2D eigenvalue weighted by atomic mass is 16.5. The lowest BCUT2D eigenvalue weighted by molar-refractivity contribution is 0.414. The molecule has 0 aromatic heterocycles. The Morgan fingerprint density at radius 1 is 1.50 bits per heavy atom. The molecular weight excluding hydrogens is 174 g/mol. The number of benzene rings is 1. The van der Waals surface area contributed by atoms with E-state index in [1.165, 1.54) is 11.1 Å². The largest absolute Gasteiger partial charge is 0.497 e. The van der Waals surface area contributed by atoms with Crippen molar-refractivity contribution >= 4 is 6.08 Å². The second kappa shape index (κ2) is 3.84. The third kappa shape index (κ3) is 1.66. The van der Waals surface area contributed by atoms with E-state index in [1.807, 2.05) is 6.07 Å². The van der Waals surface area contributed by atoms with Crippen molar-refractivity contribution in [2.24, 2.45) is 11.7 Å². The Morgan fingerprint density at radius 3 is 3.07 bits per heavy atom. The van der Waals surface area contributed by atoms with E-state index in [-0.39, 0.29) is 0 Å². The first kappa shape index (κ1) is 9.28. The van der Waals surface area contributed by atoms with Crippen LogP contribution in [-0.4, -0.2) is 13.7 Å². The molecule has 1 aliphatic rings. The Labute approximate surface area is 84.4 Å². The SMILES string of the molecule is COc1ccc2c(c1)CC(CN)C=C2. The van der Waals surface area contributed by atoms with Crippen molar-refractivity contribution in [3.8, 4) is 5.75 Å². The number of methoxy groups -OCH3 is 1. The molecule has 0 saturated carbocycles. The number of hydrogen-bond acceptors (Lipinski definition) is 2. The van der Waals surface area contributed by atoms with E-state index in [0.717, 1.165) is 12.2 Å². The monoisotopic (exact) mass is 189 g/mol. The predicted molar refractivity (Wildman–Crippen MR) is 58.3 cm³/mol. The smallest absolute Gasteiger partial charge is 0.119 e. The van der Waals surface area contributed by atoms with Gasteiger partial charge in [-0.3, -0.25) is 0 Å². The summed E-state index contributed by atoms with van der Waals surface area (Å²) in [4.78, 5) is 0. The molecule has 0 amide bonds. The fourth-order valence-electron chi connectivity index (χ4n) is 1.80. The standard InChI is InChI=1S/C12H15NO/c1-14-12-5-4-10-3-2-9(8-13)6-11(10)7-12/h2-5,7,9H,6,8,13H2,1H3. The van der Waals surface area contributed by atoms with Crippen LogP contribution in [0.4, 0.5) is 0 Å². The molecule has 1 unspecified atom stereocenters. The molecule has 0 saturated heterocycles. The van der Waals surface area contributed by atoms with Gasteiger partial charge >= 0.3 is 0 Å². The Kier molecular flexibility index (Phi) is 2.55. The lowest BCUT2D eigenvalue weighted by Crippen LogP contribution is -2.17. The summed E-state index contributed by atoms with van der Waals surface area (Å²) < 4.78 is 5.19. The molecule has 0 aliphatic heterocycles. The van der Waals surface area contributed by atoms with Gasteiger partial charge < -0.3 is 10.5 Å². The minimum atomic E-state index is 0.481. The van der Waals surface area contributed by atoms with Crippen molar-refractivity contribution in [2.45, 2.75) is 6.42 Å². The second-order valence-corrected chi connectivity index (χ2v) is 3.62. The van der Waals surface area contributed by atoms with E-state index in [2.05, 4.69) is 24.3 Å². The maximum atomic E-state index is 5.65. The van der Waals surface area contributed by atoms with E-state index in [9.17, 15) is 0 Å². The number of rotatable bonds is 2. The Bertz CT molecular complexity index is 357. The van der Waals surface area contributed by atoms with Crippen molar-refractivity contribution in [1.29, 1.82) is 0 Å². The van der Waals surface area contributed by atoms with Gasteiger partial charge in [-0.05, 0) is 42.1 Å². The lowest BCUT2D eigenvalue weighted by Gasteiger charge is -2.18. The lowest BCUT2D eigenvalue weighted by atomic mass is 9.89. The highest BCUT2D eigenvalue weighted by molar-refractivity contribution is 5.58. The Morgan fingerprint density at radius 2 is 2.36 bits per heavy atom. The minimum absolute atomic E-state index is 0.481. The summed E-state index contributed by atoms with van der Waals surface area (Å²) in [6.45, 7) is 0.715. The van der Waals surface area contributed by atoms with Crippen LogP contribution in [0.3, 0.4) is 0 Å². The molecule has 1 aliphatic carbocycles. The van der Waals surface area contributed by atoms with Crippen LogP contribution in [0.2, 0.25) is 0 Å². The molecule has 74 valence electrons. The first-order chi connectivity index (χ1) is 6.83. The predicted octanol–water partition coefficient (Wildman–Crippen LogP) is 1.84. The topological polar surface area (TPSA) is 35.2 Å². The van der Waals surface area contributed by atoms with Crippen molar-refractivity contribution < 1.29 is 4.74 Å². The zero-order valence-corrected chi connectivity index (χ0v) is 8.36. The van der Waals surface area contributed by atoms with Crippen molar-refractivity contribution in [3.05, 3.63) is 35.4 Å². The van der Waals surface area contributed by atoms with Gasteiger partial charge in [-0.15, -0.1) is 0 Å². The molecule has 0 radical (unpaired) electrons. The van der Waals surface area contributed by atoms with Gasteiger partial charge in [0.2, 0.25) is 0 Å². The summed E-state index contributed by atoms with van der Waals surface area (Å²) in [5.41, 5.74) is 8.27. The van der Waals surface area contributed by atoms with Gasteiger partial charge in [-0.25, -0.2) is 0 Å². The first-order valence-corrected chi connectivity index (χ1v) is 4.88. The van der Waals surface area contributed by atoms with Crippen molar-refractivity contribution in [1.82, 2.24) is 0 Å². The van der Waals surface area contributed by atoms with Gasteiger partial charge in [-0.2, -0.15) is 0 Å². The summed E-state index contributed by atoms with van der Waals surface area (Å²) in [5.74, 6) is 1.41. The molecule has 1 aromatic rings. The maximum Gasteiger partial charge on any atom is 0.119 e. The van der Waals surface area contributed by atoms with Crippen LogP contribution in [-0.2, 0) is 6.42 Å². The van der Waals surface area contributed by atoms with Crippen LogP contribution in [0.5, 0.6) is 5.75 Å². The second-order valence-electron chi connectivity index (χ2n) is 3.62. The Balaban J connectivity index is 2.32. The van der Waals surface area contributed by atoms with Gasteiger partial charge in [0.05, 0.1) is 7.11 Å². The maximum absolute atomic E-state index is 5.65. The number of fused-ring (bicyclic) bond motifs is 1. The van der Waals surface area contributed by atoms with E-state index in [1.54, 1.807) is 7.11 Å². The van der Waals surface area contributed by atoms with Crippen LogP contribution in [0.1, 0.15) is 11.1 Å². The van der Waals surface area contributed by atoms with Gasteiger partial charge in [0.25, 0.3) is 0 Å². The molecule has 2 nitrogen and oxygen atoms in total. The highest BCUT2D eigenvalue weighted by Crippen LogP contribution is 2.26. The van der Waals surface area contributed by atoms with E-state index >= 15 is 0 Å². The zero-order chi connectivity index (χ0) is 9.97. The van der Waals surface area contributed by atoms with Crippen molar-refractivity contribution in [3.63, 3.8) is 0 Å². The van der Waals surface area contributed by atoms with Gasteiger partial charge in [-0.1, -0.05) is 18.2 Å². The summed E-state index contributed by atoms with van der Waals surface area (Å²) in [6, 6.07) is 6.19. The van der Waals surface area contributed by atoms with Gasteiger partial charge in [0.1, 0.15) is 5.75 Å². The highest BCUT2D eigenvalue weighted by Gasteiger charge is 2.12. The molecular formula is C12H15NO. The normalized spacial score (nSPS) is 19.1. The molecule has 0 fully saturated rings. The Hall–Kier alpha value is -1.28. The third-order valence-electron chi connectivity index (χ3n) is 2.68. The molecule has 1 aromatic carbocycles. The average molecular weight is 189 g/mol. The van der Waals surface area contributed by atoms with E-state index in [4.69, 9.17) is 10.5 Å². The summed E-state index contributed by atoms with van der Waals surface area (Å²) in [7, 11) is 1.70. The molecule has 0 spiro atoms. The molecule has 2 N–H and O–H groups in total. The van der Waals surface area contributed by atoms with Crippen LogP contribution in [0.25, 0.3) is 6.08 Å². The van der Waals surface area contributed by atoms with Crippen LogP contribution in [0, 0.1) is 5.92 Å². The minimum Gasteiger partial charge on any atom is -0.497 e. The fraction of sp³-hybridized carbons (Fsp3) is 0.333. The van der Waals surface area contributed by atoms with Crippen LogP contribution < -0.4 is 10.5 Å². The molecule has 2 rings (SSSR count). The summed E-state index contributed by atoms with van der Waals surface area (Å²) in [6.07, 6.45) is 5.37. The van der Waals surface area contributed by atoms with Gasteiger partial charge in [0.15, 0.2) is 0 Å². The van der Waals surface area contributed by atoms with E-state index < -0.39 is 0 Å². The molecule has 2 heteroatoms. The first-order valence-electron chi connectivity index (χ1n) is 4.88. The number of ether oxygens (including phenoxy) is 1.